The van der Waals surface area contributed by atoms with Crippen molar-refractivity contribution in [1.29, 1.82) is 0 Å². The summed E-state index contributed by atoms with van der Waals surface area (Å²) in [4.78, 5) is 21.2. The molecule has 1 aromatic carbocycles. The number of hydrogen-bond acceptors (Lipinski definition) is 5. The van der Waals surface area contributed by atoms with Gasteiger partial charge in [0.15, 0.2) is 0 Å². The first kappa shape index (κ1) is 15.5. The fourth-order valence-electron chi connectivity index (χ4n) is 1.47. The average Bonchev–Trinajstić information content (AvgIpc) is 2.37. The third-order valence-electron chi connectivity index (χ3n) is 2.41. The molecule has 0 radical (unpaired) electrons. The SMILES string of the molecule is O=C(O)CCCCCNSc1ccccc1[N+](=O)[O-]. The van der Waals surface area contributed by atoms with E-state index in [1.165, 1.54) is 18.0 Å². The molecule has 7 heteroatoms. The summed E-state index contributed by atoms with van der Waals surface area (Å²) >= 11 is 1.23. The summed E-state index contributed by atoms with van der Waals surface area (Å²) < 4.78 is 3.05. The minimum Gasteiger partial charge on any atom is -0.481 e. The summed E-state index contributed by atoms with van der Waals surface area (Å²) in [5, 5.41) is 19.2. The number of carboxylic acids is 1. The van der Waals surface area contributed by atoms with Gasteiger partial charge in [0.2, 0.25) is 0 Å². The van der Waals surface area contributed by atoms with Gasteiger partial charge in [-0.05, 0) is 30.9 Å². The first-order valence-electron chi connectivity index (χ1n) is 5.96. The lowest BCUT2D eigenvalue weighted by Gasteiger charge is -2.04. The second-order valence-corrected chi connectivity index (χ2v) is 4.86. The molecule has 0 aliphatic rings. The van der Waals surface area contributed by atoms with E-state index in [9.17, 15) is 14.9 Å². The molecule has 0 aliphatic heterocycles. The molecule has 0 atom stereocenters. The molecule has 104 valence electrons. The van der Waals surface area contributed by atoms with Crippen LogP contribution in [0.15, 0.2) is 29.2 Å². The highest BCUT2D eigenvalue weighted by atomic mass is 32.2. The van der Waals surface area contributed by atoms with Crippen LogP contribution in [0.2, 0.25) is 0 Å². The number of nitro groups is 1. The first-order chi connectivity index (χ1) is 9.11. The Hall–Kier alpha value is -1.60. The van der Waals surface area contributed by atoms with Crippen molar-refractivity contribution in [3.05, 3.63) is 34.4 Å². The largest absolute Gasteiger partial charge is 0.481 e. The van der Waals surface area contributed by atoms with E-state index in [1.54, 1.807) is 18.2 Å². The number of benzene rings is 1. The van der Waals surface area contributed by atoms with Crippen LogP contribution in [-0.4, -0.2) is 22.5 Å². The van der Waals surface area contributed by atoms with E-state index >= 15 is 0 Å². The zero-order valence-electron chi connectivity index (χ0n) is 10.4. The van der Waals surface area contributed by atoms with Crippen LogP contribution in [0.3, 0.4) is 0 Å². The Morgan fingerprint density at radius 1 is 1.32 bits per heavy atom. The summed E-state index contributed by atoms with van der Waals surface area (Å²) in [6.07, 6.45) is 2.53. The minimum absolute atomic E-state index is 0.0888. The van der Waals surface area contributed by atoms with Gasteiger partial charge in [-0.15, -0.1) is 0 Å². The zero-order chi connectivity index (χ0) is 14.1. The Kier molecular flexibility index (Phi) is 6.91. The molecule has 0 saturated carbocycles. The number of hydrogen-bond donors (Lipinski definition) is 2. The van der Waals surface area contributed by atoms with Crippen molar-refractivity contribution in [2.24, 2.45) is 0 Å². The molecule has 6 nitrogen and oxygen atoms in total. The zero-order valence-corrected chi connectivity index (χ0v) is 11.2. The molecule has 1 rings (SSSR count). The fourth-order valence-corrected chi connectivity index (χ4v) is 2.27. The van der Waals surface area contributed by atoms with Crippen LogP contribution < -0.4 is 4.72 Å². The number of para-hydroxylation sites is 1. The van der Waals surface area contributed by atoms with Crippen molar-refractivity contribution in [2.75, 3.05) is 6.54 Å². The maximum absolute atomic E-state index is 10.8. The van der Waals surface area contributed by atoms with Crippen molar-refractivity contribution in [1.82, 2.24) is 4.72 Å². The van der Waals surface area contributed by atoms with Crippen LogP contribution in [0.5, 0.6) is 0 Å². The van der Waals surface area contributed by atoms with E-state index in [2.05, 4.69) is 4.72 Å². The number of aliphatic carboxylic acids is 1. The van der Waals surface area contributed by atoms with Gasteiger partial charge in [-0.3, -0.25) is 19.6 Å². The lowest BCUT2D eigenvalue weighted by atomic mass is 10.2. The first-order valence-corrected chi connectivity index (χ1v) is 6.78. The molecular formula is C12H16N2O4S. The molecule has 0 saturated heterocycles. The molecule has 0 heterocycles. The highest BCUT2D eigenvalue weighted by molar-refractivity contribution is 7.97. The smallest absolute Gasteiger partial charge is 0.303 e. The number of rotatable bonds is 9. The van der Waals surface area contributed by atoms with Gasteiger partial charge in [0.1, 0.15) is 4.90 Å². The molecule has 0 fully saturated rings. The van der Waals surface area contributed by atoms with Crippen LogP contribution in [0.4, 0.5) is 5.69 Å². The number of nitrogens with one attached hydrogen (secondary N) is 1. The molecule has 0 aromatic heterocycles. The number of nitro benzene ring substituents is 1. The monoisotopic (exact) mass is 284 g/mol. The van der Waals surface area contributed by atoms with Gasteiger partial charge >= 0.3 is 5.97 Å². The van der Waals surface area contributed by atoms with E-state index in [0.29, 0.717) is 17.9 Å². The van der Waals surface area contributed by atoms with E-state index in [1.807, 2.05) is 0 Å². The molecule has 0 unspecified atom stereocenters. The highest BCUT2D eigenvalue weighted by Gasteiger charge is 2.12. The number of carboxylic acid groups (broad SMARTS) is 1. The molecule has 0 amide bonds. The number of nitrogens with zero attached hydrogens (tertiary/aromatic N) is 1. The van der Waals surface area contributed by atoms with Crippen LogP contribution in [0.1, 0.15) is 25.7 Å². The number of unbranched alkanes of at least 4 members (excludes halogenated alkanes) is 2. The fraction of sp³-hybridized carbons (Fsp3) is 0.417. The predicted octanol–water partition coefficient (Wildman–Crippen LogP) is 2.84. The minimum atomic E-state index is -0.776. The summed E-state index contributed by atoms with van der Waals surface area (Å²) in [6, 6.07) is 6.55. The van der Waals surface area contributed by atoms with E-state index in [4.69, 9.17) is 5.11 Å². The lowest BCUT2D eigenvalue weighted by molar-refractivity contribution is -0.387. The van der Waals surface area contributed by atoms with Gasteiger partial charge in [0.25, 0.3) is 5.69 Å². The maximum atomic E-state index is 10.8. The van der Waals surface area contributed by atoms with Crippen LogP contribution in [-0.2, 0) is 4.79 Å². The van der Waals surface area contributed by atoms with Crippen molar-refractivity contribution < 1.29 is 14.8 Å². The van der Waals surface area contributed by atoms with E-state index in [0.717, 1.165) is 12.8 Å². The Bertz CT molecular complexity index is 439. The molecular weight excluding hydrogens is 268 g/mol. The lowest BCUT2D eigenvalue weighted by Crippen LogP contribution is -2.06. The van der Waals surface area contributed by atoms with Gasteiger partial charge in [0.05, 0.1) is 4.92 Å². The molecule has 1 aromatic rings. The second kappa shape index (κ2) is 8.49. The van der Waals surface area contributed by atoms with Crippen LogP contribution in [0, 0.1) is 10.1 Å². The Morgan fingerprint density at radius 3 is 2.74 bits per heavy atom. The maximum Gasteiger partial charge on any atom is 0.303 e. The highest BCUT2D eigenvalue weighted by Crippen LogP contribution is 2.26. The summed E-state index contributed by atoms with van der Waals surface area (Å²) in [5.74, 6) is -0.776. The van der Waals surface area contributed by atoms with Gasteiger partial charge in [-0.25, -0.2) is 0 Å². The standard InChI is InChI=1S/C12H16N2O4S/c15-12(16)8-2-1-5-9-13-19-11-7-4-3-6-10(11)14(17)18/h3-4,6-7,13H,1-2,5,8-9H2,(H,15,16). The van der Waals surface area contributed by atoms with Crippen molar-refractivity contribution in [2.45, 2.75) is 30.6 Å². The van der Waals surface area contributed by atoms with Crippen molar-refractivity contribution in [3.63, 3.8) is 0 Å². The predicted molar refractivity (Wildman–Crippen MR) is 73.1 cm³/mol. The van der Waals surface area contributed by atoms with E-state index < -0.39 is 10.9 Å². The van der Waals surface area contributed by atoms with Gasteiger partial charge in [0, 0.05) is 19.0 Å². The second-order valence-electron chi connectivity index (χ2n) is 3.93. The molecule has 0 spiro atoms. The Morgan fingerprint density at radius 2 is 2.05 bits per heavy atom. The van der Waals surface area contributed by atoms with Gasteiger partial charge < -0.3 is 5.11 Å². The van der Waals surface area contributed by atoms with Gasteiger partial charge in [-0.2, -0.15) is 0 Å². The molecule has 19 heavy (non-hydrogen) atoms. The molecule has 0 aliphatic carbocycles. The molecule has 2 N–H and O–H groups in total. The van der Waals surface area contributed by atoms with E-state index in [-0.39, 0.29) is 12.1 Å². The summed E-state index contributed by atoms with van der Waals surface area (Å²) in [6.45, 7) is 0.691. The Balaban J connectivity index is 2.23. The van der Waals surface area contributed by atoms with Crippen molar-refractivity contribution in [3.8, 4) is 0 Å². The topological polar surface area (TPSA) is 92.5 Å². The number of carbonyl (C=O) groups is 1. The normalized spacial score (nSPS) is 10.3. The molecule has 0 bridgehead atoms. The summed E-state index contributed by atoms with van der Waals surface area (Å²) in [7, 11) is 0. The quantitative estimate of drug-likeness (QED) is 0.313. The summed E-state index contributed by atoms with van der Waals surface area (Å²) in [5.41, 5.74) is 0.0888. The van der Waals surface area contributed by atoms with Crippen LogP contribution >= 0.6 is 11.9 Å². The van der Waals surface area contributed by atoms with Crippen molar-refractivity contribution >= 4 is 23.6 Å². The third-order valence-corrected chi connectivity index (χ3v) is 3.33. The third kappa shape index (κ3) is 6.21. The Labute approximate surface area is 115 Å². The average molecular weight is 284 g/mol. The van der Waals surface area contributed by atoms with Gasteiger partial charge in [-0.1, -0.05) is 18.6 Å². The van der Waals surface area contributed by atoms with Crippen LogP contribution in [0.25, 0.3) is 0 Å².